The summed E-state index contributed by atoms with van der Waals surface area (Å²) in [6, 6.07) is 14.2. The van der Waals surface area contributed by atoms with Crippen molar-refractivity contribution in [2.75, 3.05) is 0 Å². The van der Waals surface area contributed by atoms with Crippen molar-refractivity contribution in [1.82, 2.24) is 10.1 Å². The van der Waals surface area contributed by atoms with Gasteiger partial charge in [-0.25, -0.2) is 0 Å². The smallest absolute Gasteiger partial charge is 0.234 e. The minimum atomic E-state index is 0.212. The molecule has 1 aliphatic rings. The average molecular weight is 278 g/mol. The van der Waals surface area contributed by atoms with Gasteiger partial charge in [-0.1, -0.05) is 41.6 Å². The molecule has 4 nitrogen and oxygen atoms in total. The molecular weight excluding hydrogens is 264 g/mol. The highest BCUT2D eigenvalue weighted by molar-refractivity contribution is 5.86. The van der Waals surface area contributed by atoms with E-state index in [1.54, 1.807) is 0 Å². The Hall–Kier alpha value is -2.49. The van der Waals surface area contributed by atoms with Gasteiger partial charge in [0.05, 0.1) is 6.42 Å². The van der Waals surface area contributed by atoms with Crippen LogP contribution in [0.4, 0.5) is 0 Å². The SMILES string of the molecule is O=C(Cc1nc(-c2ccc3ccccc3c2)no1)C1CC1. The summed E-state index contributed by atoms with van der Waals surface area (Å²) < 4.78 is 5.20. The Morgan fingerprint density at radius 1 is 1.14 bits per heavy atom. The van der Waals surface area contributed by atoms with Crippen LogP contribution in [0.3, 0.4) is 0 Å². The summed E-state index contributed by atoms with van der Waals surface area (Å²) in [6.07, 6.45) is 2.26. The molecule has 1 aliphatic carbocycles. The predicted molar refractivity (Wildman–Crippen MR) is 78.7 cm³/mol. The van der Waals surface area contributed by atoms with Crippen LogP contribution in [-0.4, -0.2) is 15.9 Å². The Balaban J connectivity index is 1.62. The highest BCUT2D eigenvalue weighted by atomic mass is 16.5. The number of hydrogen-bond donors (Lipinski definition) is 0. The number of benzene rings is 2. The number of fused-ring (bicyclic) bond motifs is 1. The van der Waals surface area contributed by atoms with Crippen LogP contribution in [0.25, 0.3) is 22.2 Å². The normalized spacial score (nSPS) is 14.5. The summed E-state index contributed by atoms with van der Waals surface area (Å²) in [6.45, 7) is 0. The molecule has 0 N–H and O–H groups in total. The van der Waals surface area contributed by atoms with E-state index < -0.39 is 0 Å². The largest absolute Gasteiger partial charge is 0.339 e. The van der Waals surface area contributed by atoms with E-state index in [0.29, 0.717) is 11.7 Å². The molecule has 1 heterocycles. The van der Waals surface area contributed by atoms with E-state index in [2.05, 4.69) is 22.3 Å². The fourth-order valence-electron chi connectivity index (χ4n) is 2.47. The summed E-state index contributed by atoms with van der Waals surface area (Å²) in [7, 11) is 0. The molecule has 0 saturated heterocycles. The van der Waals surface area contributed by atoms with Crippen molar-refractivity contribution in [2.45, 2.75) is 19.3 Å². The van der Waals surface area contributed by atoms with Crippen molar-refractivity contribution < 1.29 is 9.32 Å². The summed E-state index contributed by atoms with van der Waals surface area (Å²) in [5.41, 5.74) is 0.905. The zero-order chi connectivity index (χ0) is 14.2. The van der Waals surface area contributed by atoms with E-state index in [1.165, 1.54) is 5.39 Å². The molecule has 1 aromatic heterocycles. The molecule has 1 saturated carbocycles. The molecule has 0 spiro atoms. The van der Waals surface area contributed by atoms with Crippen LogP contribution >= 0.6 is 0 Å². The Morgan fingerprint density at radius 2 is 1.95 bits per heavy atom. The highest BCUT2D eigenvalue weighted by Gasteiger charge is 2.30. The fraction of sp³-hybridized carbons (Fsp3) is 0.235. The molecule has 0 aliphatic heterocycles. The van der Waals surface area contributed by atoms with Gasteiger partial charge in [0.1, 0.15) is 5.78 Å². The molecular formula is C17H14N2O2. The molecule has 0 atom stereocenters. The topological polar surface area (TPSA) is 56.0 Å². The fourth-order valence-corrected chi connectivity index (χ4v) is 2.47. The maximum Gasteiger partial charge on any atom is 0.234 e. The van der Waals surface area contributed by atoms with Crippen LogP contribution in [0.15, 0.2) is 47.0 Å². The molecule has 2 aromatic carbocycles. The lowest BCUT2D eigenvalue weighted by molar-refractivity contribution is -0.119. The van der Waals surface area contributed by atoms with Gasteiger partial charge in [-0.05, 0) is 29.7 Å². The molecule has 1 fully saturated rings. The summed E-state index contributed by atoms with van der Waals surface area (Å²) in [4.78, 5) is 16.1. The third-order valence-corrected chi connectivity index (χ3v) is 3.83. The maximum absolute atomic E-state index is 11.8. The minimum Gasteiger partial charge on any atom is -0.339 e. The zero-order valence-electron chi connectivity index (χ0n) is 11.5. The van der Waals surface area contributed by atoms with E-state index in [1.807, 2.05) is 30.3 Å². The predicted octanol–water partition coefficient (Wildman–Crippen LogP) is 3.41. The Kier molecular flexibility index (Phi) is 2.81. The number of hydrogen-bond acceptors (Lipinski definition) is 4. The number of rotatable bonds is 4. The second-order valence-corrected chi connectivity index (χ2v) is 5.49. The standard InChI is InChI=1S/C17H14N2O2/c20-15(12-6-7-12)10-16-18-17(19-21-16)14-8-5-11-3-1-2-4-13(11)9-14/h1-5,8-9,12H,6-7,10H2. The minimum absolute atomic E-state index is 0.212. The third kappa shape index (κ3) is 2.44. The third-order valence-electron chi connectivity index (χ3n) is 3.83. The second-order valence-electron chi connectivity index (χ2n) is 5.49. The van der Waals surface area contributed by atoms with Gasteiger partial charge >= 0.3 is 0 Å². The second kappa shape index (κ2) is 4.81. The molecule has 0 radical (unpaired) electrons. The number of carbonyl (C=O) groups excluding carboxylic acids is 1. The first-order valence-electron chi connectivity index (χ1n) is 7.14. The molecule has 0 amide bonds. The lowest BCUT2D eigenvalue weighted by Crippen LogP contribution is -2.04. The van der Waals surface area contributed by atoms with E-state index in [9.17, 15) is 4.79 Å². The summed E-state index contributed by atoms with van der Waals surface area (Å²) in [5.74, 6) is 1.39. The zero-order valence-corrected chi connectivity index (χ0v) is 11.5. The molecule has 0 bridgehead atoms. The van der Waals surface area contributed by atoms with Crippen LogP contribution in [0.2, 0.25) is 0 Å². The van der Waals surface area contributed by atoms with Crippen molar-refractivity contribution in [3.05, 3.63) is 48.4 Å². The van der Waals surface area contributed by atoms with Crippen molar-refractivity contribution >= 4 is 16.6 Å². The van der Waals surface area contributed by atoms with Gasteiger partial charge in [0.25, 0.3) is 0 Å². The Morgan fingerprint density at radius 3 is 2.76 bits per heavy atom. The van der Waals surface area contributed by atoms with Crippen molar-refractivity contribution in [3.63, 3.8) is 0 Å². The molecule has 4 heteroatoms. The lowest BCUT2D eigenvalue weighted by Gasteiger charge is -1.99. The van der Waals surface area contributed by atoms with Crippen molar-refractivity contribution in [2.24, 2.45) is 5.92 Å². The van der Waals surface area contributed by atoms with Gasteiger partial charge < -0.3 is 4.52 Å². The van der Waals surface area contributed by atoms with E-state index >= 15 is 0 Å². The van der Waals surface area contributed by atoms with Crippen molar-refractivity contribution in [1.29, 1.82) is 0 Å². The quantitative estimate of drug-likeness (QED) is 0.733. The van der Waals surface area contributed by atoms with Gasteiger partial charge in [-0.3, -0.25) is 4.79 Å². The first-order valence-corrected chi connectivity index (χ1v) is 7.14. The number of nitrogens with zero attached hydrogens (tertiary/aromatic N) is 2. The van der Waals surface area contributed by atoms with Gasteiger partial charge in [0, 0.05) is 11.5 Å². The molecule has 4 rings (SSSR count). The van der Waals surface area contributed by atoms with Gasteiger partial charge in [-0.15, -0.1) is 0 Å². The van der Waals surface area contributed by atoms with Crippen LogP contribution in [-0.2, 0) is 11.2 Å². The number of aromatic nitrogens is 2. The summed E-state index contributed by atoms with van der Waals surface area (Å²) in [5, 5.41) is 6.30. The number of ketones is 1. The maximum atomic E-state index is 11.8. The molecule has 104 valence electrons. The Labute approximate surface area is 121 Å². The first-order chi connectivity index (χ1) is 10.3. The van der Waals surface area contributed by atoms with Gasteiger partial charge in [0.2, 0.25) is 11.7 Å². The Bertz CT molecular complexity index is 818. The van der Waals surface area contributed by atoms with Gasteiger partial charge in [-0.2, -0.15) is 4.98 Å². The molecule has 21 heavy (non-hydrogen) atoms. The highest BCUT2D eigenvalue weighted by Crippen LogP contribution is 2.31. The van der Waals surface area contributed by atoms with Crippen LogP contribution < -0.4 is 0 Å². The number of carbonyl (C=O) groups is 1. The molecule has 0 unspecified atom stereocenters. The monoisotopic (exact) mass is 278 g/mol. The summed E-state index contributed by atoms with van der Waals surface area (Å²) >= 11 is 0. The van der Waals surface area contributed by atoms with Crippen LogP contribution in [0, 0.1) is 5.92 Å². The number of Topliss-reactive ketones (excluding diaryl/α,β-unsaturated/α-hetero) is 1. The van der Waals surface area contributed by atoms with E-state index in [4.69, 9.17) is 4.52 Å². The van der Waals surface area contributed by atoms with Crippen molar-refractivity contribution in [3.8, 4) is 11.4 Å². The first kappa shape index (κ1) is 12.3. The lowest BCUT2D eigenvalue weighted by atomic mass is 10.1. The van der Waals surface area contributed by atoms with Crippen LogP contribution in [0.1, 0.15) is 18.7 Å². The molecule has 3 aromatic rings. The van der Waals surface area contributed by atoms with Crippen LogP contribution in [0.5, 0.6) is 0 Å². The average Bonchev–Trinajstić information content (AvgIpc) is 3.27. The van der Waals surface area contributed by atoms with E-state index in [0.717, 1.165) is 23.8 Å². The van der Waals surface area contributed by atoms with Gasteiger partial charge in [0.15, 0.2) is 0 Å². The van der Waals surface area contributed by atoms with E-state index in [-0.39, 0.29) is 18.1 Å².